The summed E-state index contributed by atoms with van der Waals surface area (Å²) in [7, 11) is 1.92. The van der Waals surface area contributed by atoms with E-state index in [9.17, 15) is 10.1 Å². The lowest BCUT2D eigenvalue weighted by Crippen LogP contribution is -2.36. The second-order valence-electron chi connectivity index (χ2n) is 5.86. The Balaban J connectivity index is 2.30. The number of hydrogen-bond donors (Lipinski definition) is 1. The Bertz CT molecular complexity index is 506. The maximum absolute atomic E-state index is 11.3. The number of anilines is 2. The van der Waals surface area contributed by atoms with Crippen molar-refractivity contribution in [2.75, 3.05) is 23.8 Å². The first kappa shape index (κ1) is 15.5. The molecule has 1 N–H and O–H groups in total. The SMILES string of the molecule is CCNc1ccc([N+](=O)[O-])c(N(C)C2CCCC(C)C2)n1. The number of pyridine rings is 1. The Kier molecular flexibility index (Phi) is 4.98. The van der Waals surface area contributed by atoms with E-state index in [4.69, 9.17) is 0 Å². The van der Waals surface area contributed by atoms with Crippen LogP contribution in [0.25, 0.3) is 0 Å². The van der Waals surface area contributed by atoms with Gasteiger partial charge in [0.1, 0.15) is 5.82 Å². The van der Waals surface area contributed by atoms with Gasteiger partial charge in [0, 0.05) is 25.7 Å². The van der Waals surface area contributed by atoms with Crippen LogP contribution >= 0.6 is 0 Å². The number of nitrogens with one attached hydrogen (secondary N) is 1. The molecule has 0 radical (unpaired) electrons. The smallest absolute Gasteiger partial charge is 0.311 e. The zero-order chi connectivity index (χ0) is 15.4. The summed E-state index contributed by atoms with van der Waals surface area (Å²) in [6, 6.07) is 3.54. The molecule has 1 aromatic rings. The van der Waals surface area contributed by atoms with Gasteiger partial charge in [0.15, 0.2) is 0 Å². The third kappa shape index (κ3) is 3.62. The lowest BCUT2D eigenvalue weighted by atomic mass is 9.86. The van der Waals surface area contributed by atoms with E-state index in [1.165, 1.54) is 12.8 Å². The summed E-state index contributed by atoms with van der Waals surface area (Å²) >= 11 is 0. The standard InChI is InChI=1S/C15H24N4O2/c1-4-16-14-9-8-13(19(20)21)15(17-14)18(3)12-7-5-6-11(2)10-12/h8-9,11-12H,4-7,10H2,1-3H3,(H,16,17). The Morgan fingerprint density at radius 2 is 2.24 bits per heavy atom. The molecule has 2 atom stereocenters. The summed E-state index contributed by atoms with van der Waals surface area (Å²) in [6.45, 7) is 4.97. The van der Waals surface area contributed by atoms with Crippen molar-refractivity contribution in [3.05, 3.63) is 22.2 Å². The van der Waals surface area contributed by atoms with Crippen LogP contribution in [0.15, 0.2) is 12.1 Å². The van der Waals surface area contributed by atoms with Crippen molar-refractivity contribution in [3.8, 4) is 0 Å². The van der Waals surface area contributed by atoms with Crippen LogP contribution < -0.4 is 10.2 Å². The molecule has 1 aliphatic carbocycles. The third-order valence-corrected chi connectivity index (χ3v) is 4.20. The molecule has 0 saturated heterocycles. The number of hydrogen-bond acceptors (Lipinski definition) is 5. The van der Waals surface area contributed by atoms with E-state index in [1.807, 2.05) is 18.9 Å². The molecule has 1 aliphatic rings. The van der Waals surface area contributed by atoms with Crippen molar-refractivity contribution in [3.63, 3.8) is 0 Å². The Morgan fingerprint density at radius 1 is 1.48 bits per heavy atom. The number of aromatic nitrogens is 1. The van der Waals surface area contributed by atoms with Crippen LogP contribution in [-0.2, 0) is 0 Å². The van der Waals surface area contributed by atoms with Gasteiger partial charge >= 0.3 is 5.69 Å². The molecule has 21 heavy (non-hydrogen) atoms. The van der Waals surface area contributed by atoms with Crippen LogP contribution in [0, 0.1) is 16.0 Å². The number of rotatable bonds is 5. The summed E-state index contributed by atoms with van der Waals surface area (Å²) in [6.07, 6.45) is 4.57. The summed E-state index contributed by atoms with van der Waals surface area (Å²) in [5.74, 6) is 1.83. The lowest BCUT2D eigenvalue weighted by molar-refractivity contribution is -0.384. The molecule has 1 aromatic heterocycles. The van der Waals surface area contributed by atoms with E-state index >= 15 is 0 Å². The lowest BCUT2D eigenvalue weighted by Gasteiger charge is -2.34. The van der Waals surface area contributed by atoms with Crippen LogP contribution in [0.4, 0.5) is 17.3 Å². The van der Waals surface area contributed by atoms with Crippen LogP contribution in [0.5, 0.6) is 0 Å². The molecule has 0 aliphatic heterocycles. The quantitative estimate of drug-likeness (QED) is 0.665. The van der Waals surface area contributed by atoms with Crippen LogP contribution in [0.3, 0.4) is 0 Å². The van der Waals surface area contributed by atoms with Crippen LogP contribution in [0.1, 0.15) is 39.5 Å². The van der Waals surface area contributed by atoms with E-state index in [0.29, 0.717) is 23.6 Å². The molecule has 1 fully saturated rings. The van der Waals surface area contributed by atoms with Gasteiger partial charge in [0.05, 0.1) is 4.92 Å². The topological polar surface area (TPSA) is 71.3 Å². The molecular weight excluding hydrogens is 268 g/mol. The van der Waals surface area contributed by atoms with Gasteiger partial charge in [-0.05, 0) is 31.7 Å². The first-order valence-electron chi connectivity index (χ1n) is 7.65. The zero-order valence-corrected chi connectivity index (χ0v) is 13.0. The minimum absolute atomic E-state index is 0.0809. The minimum Gasteiger partial charge on any atom is -0.370 e. The molecular formula is C15H24N4O2. The average molecular weight is 292 g/mol. The van der Waals surface area contributed by atoms with Crippen molar-refractivity contribution < 1.29 is 4.92 Å². The summed E-state index contributed by atoms with van der Waals surface area (Å²) in [5, 5.41) is 14.4. The average Bonchev–Trinajstić information content (AvgIpc) is 2.46. The highest BCUT2D eigenvalue weighted by atomic mass is 16.6. The molecule has 1 heterocycles. The van der Waals surface area contributed by atoms with Gasteiger partial charge in [-0.1, -0.05) is 19.8 Å². The van der Waals surface area contributed by atoms with Gasteiger partial charge in [0.25, 0.3) is 0 Å². The van der Waals surface area contributed by atoms with Gasteiger partial charge in [-0.2, -0.15) is 0 Å². The number of nitro groups is 1. The zero-order valence-electron chi connectivity index (χ0n) is 13.0. The molecule has 2 unspecified atom stereocenters. The number of nitrogens with zero attached hydrogens (tertiary/aromatic N) is 3. The summed E-state index contributed by atoms with van der Waals surface area (Å²) in [4.78, 5) is 17.4. The largest absolute Gasteiger partial charge is 0.370 e. The molecule has 0 amide bonds. The van der Waals surface area contributed by atoms with Crippen LogP contribution in [-0.4, -0.2) is 29.5 Å². The molecule has 6 nitrogen and oxygen atoms in total. The Morgan fingerprint density at radius 3 is 2.86 bits per heavy atom. The first-order chi connectivity index (χ1) is 10.0. The van der Waals surface area contributed by atoms with Crippen molar-refractivity contribution in [1.82, 2.24) is 4.98 Å². The second kappa shape index (κ2) is 6.74. The van der Waals surface area contributed by atoms with Crippen molar-refractivity contribution in [2.45, 2.75) is 45.6 Å². The van der Waals surface area contributed by atoms with Gasteiger partial charge in [-0.3, -0.25) is 10.1 Å². The molecule has 116 valence electrons. The van der Waals surface area contributed by atoms with E-state index in [1.54, 1.807) is 12.1 Å². The second-order valence-corrected chi connectivity index (χ2v) is 5.86. The molecule has 6 heteroatoms. The maximum Gasteiger partial charge on any atom is 0.311 e. The maximum atomic E-state index is 11.3. The van der Waals surface area contributed by atoms with Gasteiger partial charge in [-0.25, -0.2) is 4.98 Å². The minimum atomic E-state index is -0.346. The first-order valence-corrected chi connectivity index (χ1v) is 7.65. The van der Waals surface area contributed by atoms with E-state index in [2.05, 4.69) is 17.2 Å². The van der Waals surface area contributed by atoms with E-state index in [0.717, 1.165) is 19.4 Å². The highest BCUT2D eigenvalue weighted by molar-refractivity contribution is 5.62. The normalized spacial score (nSPS) is 21.9. The van der Waals surface area contributed by atoms with Gasteiger partial charge in [-0.15, -0.1) is 0 Å². The van der Waals surface area contributed by atoms with Crippen LogP contribution in [0.2, 0.25) is 0 Å². The molecule has 0 bridgehead atoms. The highest BCUT2D eigenvalue weighted by Crippen LogP contribution is 2.33. The van der Waals surface area contributed by atoms with Crippen molar-refractivity contribution >= 4 is 17.3 Å². The fraction of sp³-hybridized carbons (Fsp3) is 0.667. The predicted molar refractivity (Wildman–Crippen MR) is 84.9 cm³/mol. The predicted octanol–water partition coefficient (Wildman–Crippen LogP) is 3.44. The summed E-state index contributed by atoms with van der Waals surface area (Å²) < 4.78 is 0. The van der Waals surface area contributed by atoms with E-state index in [-0.39, 0.29) is 10.6 Å². The molecule has 0 spiro atoms. The van der Waals surface area contributed by atoms with Gasteiger partial charge < -0.3 is 10.2 Å². The molecule has 1 saturated carbocycles. The molecule has 0 aromatic carbocycles. The van der Waals surface area contributed by atoms with Crippen molar-refractivity contribution in [2.24, 2.45) is 5.92 Å². The van der Waals surface area contributed by atoms with Crippen molar-refractivity contribution in [1.29, 1.82) is 0 Å². The Hall–Kier alpha value is -1.85. The highest BCUT2D eigenvalue weighted by Gasteiger charge is 2.28. The monoisotopic (exact) mass is 292 g/mol. The van der Waals surface area contributed by atoms with E-state index < -0.39 is 0 Å². The fourth-order valence-electron chi connectivity index (χ4n) is 3.05. The Labute approximate surface area is 125 Å². The van der Waals surface area contributed by atoms with Gasteiger partial charge in [0.2, 0.25) is 5.82 Å². The third-order valence-electron chi connectivity index (χ3n) is 4.20. The molecule has 2 rings (SSSR count). The fourth-order valence-corrected chi connectivity index (χ4v) is 3.05. The summed E-state index contributed by atoms with van der Waals surface area (Å²) in [5.41, 5.74) is 0.0809.